The highest BCUT2D eigenvalue weighted by molar-refractivity contribution is 6.25. The van der Waals surface area contributed by atoms with E-state index in [4.69, 9.17) is 9.97 Å². The van der Waals surface area contributed by atoms with Crippen LogP contribution in [0.15, 0.2) is 91.0 Å². The highest BCUT2D eigenvalue weighted by atomic mass is 14.9. The zero-order valence-corrected chi connectivity index (χ0v) is 16.0. The Morgan fingerprint density at radius 3 is 1.83 bits per heavy atom. The van der Waals surface area contributed by atoms with Crippen LogP contribution in [0.4, 0.5) is 0 Å². The van der Waals surface area contributed by atoms with Gasteiger partial charge < -0.3 is 0 Å². The van der Waals surface area contributed by atoms with Crippen molar-refractivity contribution in [3.8, 4) is 28.6 Å². The number of hydrogen-bond acceptors (Lipinski definition) is 3. The molecule has 0 radical (unpaired) electrons. The molecular formula is C27H15N3. The molecule has 0 saturated heterocycles. The van der Waals surface area contributed by atoms with Crippen molar-refractivity contribution in [2.45, 2.75) is 0 Å². The molecule has 1 aromatic heterocycles. The molecule has 0 spiro atoms. The Bertz CT molecular complexity index is 1560. The Morgan fingerprint density at radius 1 is 0.600 bits per heavy atom. The molecule has 138 valence electrons. The topological polar surface area (TPSA) is 49.6 Å². The van der Waals surface area contributed by atoms with E-state index in [-0.39, 0.29) is 0 Å². The predicted octanol–water partition coefficient (Wildman–Crippen LogP) is 6.58. The van der Waals surface area contributed by atoms with E-state index in [9.17, 15) is 5.26 Å². The summed E-state index contributed by atoms with van der Waals surface area (Å²) in [6.07, 6.45) is 0. The third-order valence-corrected chi connectivity index (χ3v) is 5.68. The summed E-state index contributed by atoms with van der Waals surface area (Å²) < 4.78 is 0. The lowest BCUT2D eigenvalue weighted by molar-refractivity contribution is 1.26. The number of rotatable bonds is 2. The van der Waals surface area contributed by atoms with Crippen LogP contribution in [-0.2, 0) is 0 Å². The van der Waals surface area contributed by atoms with Gasteiger partial charge in [-0.2, -0.15) is 5.26 Å². The van der Waals surface area contributed by atoms with Crippen LogP contribution in [0.1, 0.15) is 5.56 Å². The normalized spacial score (nSPS) is 11.3. The van der Waals surface area contributed by atoms with Gasteiger partial charge in [0.1, 0.15) is 0 Å². The van der Waals surface area contributed by atoms with Crippen LogP contribution >= 0.6 is 0 Å². The van der Waals surface area contributed by atoms with Crippen LogP contribution in [0.25, 0.3) is 55.1 Å². The van der Waals surface area contributed by atoms with Crippen molar-refractivity contribution in [1.29, 1.82) is 5.26 Å². The fraction of sp³-hybridized carbons (Fsp3) is 0. The smallest absolute Gasteiger partial charge is 0.160 e. The summed E-state index contributed by atoms with van der Waals surface area (Å²) in [6.45, 7) is 0. The van der Waals surface area contributed by atoms with Crippen LogP contribution in [0.5, 0.6) is 0 Å². The first-order valence-electron chi connectivity index (χ1n) is 9.84. The van der Waals surface area contributed by atoms with Crippen LogP contribution < -0.4 is 0 Å². The van der Waals surface area contributed by atoms with Crippen LogP contribution in [0.2, 0.25) is 0 Å². The van der Waals surface area contributed by atoms with Gasteiger partial charge in [-0.15, -0.1) is 0 Å². The summed E-state index contributed by atoms with van der Waals surface area (Å²) in [5.74, 6) is 0.713. The molecule has 0 amide bonds. The minimum Gasteiger partial charge on any atom is -0.228 e. The number of benzene rings is 5. The Labute approximate surface area is 173 Å². The highest BCUT2D eigenvalue weighted by Crippen LogP contribution is 2.40. The van der Waals surface area contributed by atoms with Gasteiger partial charge in [0.25, 0.3) is 0 Å². The third-order valence-electron chi connectivity index (χ3n) is 5.68. The average molecular weight is 381 g/mol. The molecule has 0 aliphatic carbocycles. The van der Waals surface area contributed by atoms with Gasteiger partial charge in [0.15, 0.2) is 5.82 Å². The van der Waals surface area contributed by atoms with Crippen LogP contribution in [0.3, 0.4) is 0 Å². The summed E-state index contributed by atoms with van der Waals surface area (Å²) >= 11 is 0. The summed E-state index contributed by atoms with van der Waals surface area (Å²) in [7, 11) is 0. The van der Waals surface area contributed by atoms with Gasteiger partial charge in [0.05, 0.1) is 22.7 Å². The maximum absolute atomic E-state index is 9.85. The molecule has 0 unspecified atom stereocenters. The van der Waals surface area contributed by atoms with Gasteiger partial charge in [0.2, 0.25) is 0 Å². The van der Waals surface area contributed by atoms with Crippen molar-refractivity contribution in [3.63, 3.8) is 0 Å². The Kier molecular flexibility index (Phi) is 3.53. The van der Waals surface area contributed by atoms with E-state index in [2.05, 4.69) is 30.3 Å². The van der Waals surface area contributed by atoms with Crippen molar-refractivity contribution in [3.05, 3.63) is 96.6 Å². The second-order valence-corrected chi connectivity index (χ2v) is 7.38. The second-order valence-electron chi connectivity index (χ2n) is 7.38. The molecule has 6 rings (SSSR count). The minimum atomic E-state index is 0.669. The molecule has 30 heavy (non-hydrogen) atoms. The molecule has 0 atom stereocenters. The fourth-order valence-corrected chi connectivity index (χ4v) is 4.31. The molecule has 3 heteroatoms. The number of aromatic nitrogens is 2. The van der Waals surface area contributed by atoms with Crippen LogP contribution in [-0.4, -0.2) is 9.97 Å². The maximum atomic E-state index is 9.85. The van der Waals surface area contributed by atoms with E-state index in [0.717, 1.165) is 49.3 Å². The monoisotopic (exact) mass is 381 g/mol. The molecule has 0 aliphatic rings. The Balaban J connectivity index is 1.75. The van der Waals surface area contributed by atoms with Gasteiger partial charge >= 0.3 is 0 Å². The minimum absolute atomic E-state index is 0.669. The van der Waals surface area contributed by atoms with Gasteiger partial charge in [0, 0.05) is 21.7 Å². The Morgan fingerprint density at radius 2 is 1.20 bits per heavy atom. The third kappa shape index (κ3) is 2.38. The second kappa shape index (κ2) is 6.37. The standard InChI is InChI=1S/C27H15N3/c28-16-19-15-22(17-7-3-1-4-8-17)21-12-14-24-26-23(13-11-20(19)25(21)26)29-27(30-24)18-9-5-2-6-10-18/h1-15H. The first kappa shape index (κ1) is 16.6. The zero-order chi connectivity index (χ0) is 20.1. The quantitative estimate of drug-likeness (QED) is 0.318. The van der Waals surface area contributed by atoms with Crippen molar-refractivity contribution < 1.29 is 0 Å². The molecule has 0 N–H and O–H groups in total. The first-order valence-corrected chi connectivity index (χ1v) is 9.84. The molecular weight excluding hydrogens is 366 g/mol. The van der Waals surface area contributed by atoms with Gasteiger partial charge in [-0.3, -0.25) is 0 Å². The average Bonchev–Trinajstić information content (AvgIpc) is 2.83. The van der Waals surface area contributed by atoms with E-state index < -0.39 is 0 Å². The molecule has 3 nitrogen and oxygen atoms in total. The van der Waals surface area contributed by atoms with Gasteiger partial charge in [-0.25, -0.2) is 9.97 Å². The lowest BCUT2D eigenvalue weighted by Gasteiger charge is -2.15. The SMILES string of the molecule is N#Cc1cc(-c2ccccc2)c2ccc3nc(-c4ccccc4)nc4ccc1c2c43. The molecule has 6 aromatic rings. The van der Waals surface area contributed by atoms with Gasteiger partial charge in [-0.05, 0) is 34.7 Å². The number of nitriles is 1. The molecule has 0 aliphatic heterocycles. The molecule has 5 aromatic carbocycles. The maximum Gasteiger partial charge on any atom is 0.160 e. The van der Waals surface area contributed by atoms with Crippen molar-refractivity contribution in [2.24, 2.45) is 0 Å². The van der Waals surface area contributed by atoms with Crippen molar-refractivity contribution in [1.82, 2.24) is 9.97 Å². The number of hydrogen-bond donors (Lipinski definition) is 0. The molecule has 0 fully saturated rings. The summed E-state index contributed by atoms with van der Waals surface area (Å²) in [6, 6.07) is 32.8. The molecule has 0 saturated carbocycles. The largest absolute Gasteiger partial charge is 0.228 e. The lowest BCUT2D eigenvalue weighted by Crippen LogP contribution is -1.96. The van der Waals surface area contributed by atoms with Crippen molar-refractivity contribution >= 4 is 32.6 Å². The lowest BCUT2D eigenvalue weighted by atomic mass is 9.89. The summed E-state index contributed by atoms with van der Waals surface area (Å²) in [5.41, 5.74) is 5.60. The molecule has 1 heterocycles. The summed E-state index contributed by atoms with van der Waals surface area (Å²) in [5, 5.41) is 14.0. The van der Waals surface area contributed by atoms with Gasteiger partial charge in [-0.1, -0.05) is 72.8 Å². The van der Waals surface area contributed by atoms with Crippen LogP contribution in [0, 0.1) is 11.3 Å². The summed E-state index contributed by atoms with van der Waals surface area (Å²) in [4.78, 5) is 9.72. The number of nitrogens with zero attached hydrogens (tertiary/aromatic N) is 3. The van der Waals surface area contributed by atoms with E-state index in [1.807, 2.05) is 66.7 Å². The van der Waals surface area contributed by atoms with E-state index >= 15 is 0 Å². The highest BCUT2D eigenvalue weighted by Gasteiger charge is 2.17. The van der Waals surface area contributed by atoms with E-state index in [1.165, 1.54) is 0 Å². The van der Waals surface area contributed by atoms with E-state index in [1.54, 1.807) is 0 Å². The van der Waals surface area contributed by atoms with Crippen molar-refractivity contribution in [2.75, 3.05) is 0 Å². The zero-order valence-electron chi connectivity index (χ0n) is 16.0. The van der Waals surface area contributed by atoms with E-state index in [0.29, 0.717) is 11.4 Å². The first-order chi connectivity index (χ1) is 14.8. The fourth-order valence-electron chi connectivity index (χ4n) is 4.31. The molecule has 0 bridgehead atoms. The predicted molar refractivity (Wildman–Crippen MR) is 121 cm³/mol. The Hall–Kier alpha value is -4.29.